The van der Waals surface area contributed by atoms with E-state index in [2.05, 4.69) is 58.5 Å². The Hall–Kier alpha value is -1.06. The number of nitrogens with zero attached hydrogens (tertiary/aromatic N) is 2. The van der Waals surface area contributed by atoms with E-state index in [0.717, 1.165) is 24.3 Å². The van der Waals surface area contributed by atoms with E-state index in [9.17, 15) is 0 Å². The third-order valence-corrected chi connectivity index (χ3v) is 3.10. The Morgan fingerprint density at radius 2 is 1.65 bits per heavy atom. The van der Waals surface area contributed by atoms with Crippen LogP contribution in [0.1, 0.15) is 48.5 Å². The molecule has 2 rings (SSSR count). The molecule has 0 aromatic heterocycles. The molecule has 1 atom stereocenters. The lowest BCUT2D eigenvalue weighted by Gasteiger charge is -2.22. The quantitative estimate of drug-likeness (QED) is 0.794. The molecule has 0 aromatic carbocycles. The molecular formula is C16H30N2O2. The van der Waals surface area contributed by atoms with Crippen LogP contribution in [-0.2, 0) is 9.47 Å². The number of hydrogen-bond donors (Lipinski definition) is 0. The van der Waals surface area contributed by atoms with Crippen molar-refractivity contribution in [2.75, 3.05) is 19.8 Å². The number of aliphatic imine (C=N–C) groups is 2. The fourth-order valence-corrected chi connectivity index (χ4v) is 1.88. The second kappa shape index (κ2) is 7.09. The summed E-state index contributed by atoms with van der Waals surface area (Å²) in [6, 6.07) is 0.274. The maximum atomic E-state index is 5.69. The first-order valence-electron chi connectivity index (χ1n) is 7.64. The largest absolute Gasteiger partial charge is 0.478 e. The minimum atomic E-state index is -0.319. The minimum absolute atomic E-state index is 0.274. The van der Waals surface area contributed by atoms with Gasteiger partial charge in [0.2, 0.25) is 0 Å². The normalized spacial score (nSPS) is 21.9. The van der Waals surface area contributed by atoms with E-state index >= 15 is 0 Å². The van der Waals surface area contributed by atoms with Gasteiger partial charge in [-0.2, -0.15) is 0 Å². The zero-order chi connectivity index (χ0) is 15.3. The summed E-state index contributed by atoms with van der Waals surface area (Å²) in [6.07, 6.45) is 0. The van der Waals surface area contributed by atoms with Crippen molar-refractivity contribution >= 4 is 11.8 Å². The van der Waals surface area contributed by atoms with Crippen molar-refractivity contribution in [3.8, 4) is 0 Å². The first-order valence-corrected chi connectivity index (χ1v) is 7.64. The summed E-state index contributed by atoms with van der Waals surface area (Å²) in [5, 5.41) is 0. The number of ether oxygens (including phenoxy) is 2. The summed E-state index contributed by atoms with van der Waals surface area (Å²) in [6.45, 7) is 17.1. The smallest absolute Gasteiger partial charge is 0.199 e. The standard InChI is InChI=1S/C12H20N2O2.C4H10/c1-8(2)9-7-16-11(14-9)12(3,4)10-13-5-6-15-10;1-4(2)3/h8-9H,5-7H2,1-4H3;4H,1-3H3. The van der Waals surface area contributed by atoms with Crippen LogP contribution in [0.4, 0.5) is 0 Å². The van der Waals surface area contributed by atoms with Gasteiger partial charge in [0.25, 0.3) is 0 Å². The second-order valence-corrected chi connectivity index (χ2v) is 6.95. The van der Waals surface area contributed by atoms with Crippen LogP contribution in [0.15, 0.2) is 9.98 Å². The lowest BCUT2D eigenvalue weighted by atomic mass is 9.93. The van der Waals surface area contributed by atoms with Gasteiger partial charge in [-0.1, -0.05) is 34.6 Å². The molecule has 0 saturated heterocycles. The molecule has 0 amide bonds. The van der Waals surface area contributed by atoms with Gasteiger partial charge in [0.15, 0.2) is 11.8 Å². The van der Waals surface area contributed by atoms with Crippen molar-refractivity contribution in [3.63, 3.8) is 0 Å². The van der Waals surface area contributed by atoms with E-state index in [-0.39, 0.29) is 11.5 Å². The van der Waals surface area contributed by atoms with E-state index in [4.69, 9.17) is 9.47 Å². The topological polar surface area (TPSA) is 43.2 Å². The first kappa shape index (κ1) is 17.0. The van der Waals surface area contributed by atoms with Gasteiger partial charge in [-0.25, -0.2) is 4.99 Å². The van der Waals surface area contributed by atoms with Crippen LogP contribution in [-0.4, -0.2) is 37.6 Å². The van der Waals surface area contributed by atoms with Crippen molar-refractivity contribution in [2.24, 2.45) is 27.2 Å². The van der Waals surface area contributed by atoms with E-state index < -0.39 is 0 Å². The average Bonchev–Trinajstić information content (AvgIpc) is 3.01. The Bertz CT molecular complexity index is 368. The van der Waals surface area contributed by atoms with Crippen molar-refractivity contribution < 1.29 is 9.47 Å². The van der Waals surface area contributed by atoms with Gasteiger partial charge >= 0.3 is 0 Å². The van der Waals surface area contributed by atoms with E-state index in [1.54, 1.807) is 0 Å². The molecule has 1 unspecified atom stereocenters. The summed E-state index contributed by atoms with van der Waals surface area (Å²) in [5.74, 6) is 2.88. The zero-order valence-corrected chi connectivity index (χ0v) is 14.1. The highest BCUT2D eigenvalue weighted by Gasteiger charge is 2.40. The summed E-state index contributed by atoms with van der Waals surface area (Å²) in [7, 11) is 0. The monoisotopic (exact) mass is 282 g/mol. The van der Waals surface area contributed by atoms with Crippen molar-refractivity contribution in [1.82, 2.24) is 0 Å². The van der Waals surface area contributed by atoms with Crippen LogP contribution >= 0.6 is 0 Å². The lowest BCUT2D eigenvalue weighted by Crippen LogP contribution is -2.34. The van der Waals surface area contributed by atoms with Crippen molar-refractivity contribution in [1.29, 1.82) is 0 Å². The molecule has 2 heterocycles. The molecule has 0 aromatic rings. The van der Waals surface area contributed by atoms with Gasteiger partial charge in [-0.3, -0.25) is 4.99 Å². The van der Waals surface area contributed by atoms with Gasteiger partial charge in [-0.15, -0.1) is 0 Å². The number of hydrogen-bond acceptors (Lipinski definition) is 4. The lowest BCUT2D eigenvalue weighted by molar-refractivity contribution is 0.259. The highest BCUT2D eigenvalue weighted by atomic mass is 16.5. The highest BCUT2D eigenvalue weighted by Crippen LogP contribution is 2.28. The molecule has 0 aliphatic carbocycles. The van der Waals surface area contributed by atoms with Crippen LogP contribution in [0.2, 0.25) is 0 Å². The summed E-state index contributed by atoms with van der Waals surface area (Å²) < 4.78 is 11.2. The first-order chi connectivity index (χ1) is 9.25. The van der Waals surface area contributed by atoms with Gasteiger partial charge in [-0.05, 0) is 25.7 Å². The van der Waals surface area contributed by atoms with Crippen molar-refractivity contribution in [2.45, 2.75) is 54.5 Å². The maximum absolute atomic E-state index is 5.69. The Morgan fingerprint density at radius 3 is 2.05 bits per heavy atom. The van der Waals surface area contributed by atoms with Crippen LogP contribution in [0, 0.1) is 17.3 Å². The second-order valence-electron chi connectivity index (χ2n) is 6.95. The van der Waals surface area contributed by atoms with E-state index in [1.807, 2.05) is 0 Å². The molecule has 0 saturated carbocycles. The summed E-state index contributed by atoms with van der Waals surface area (Å²) in [5.41, 5.74) is -0.319. The van der Waals surface area contributed by atoms with E-state index in [0.29, 0.717) is 19.1 Å². The molecule has 116 valence electrons. The molecule has 0 spiro atoms. The highest BCUT2D eigenvalue weighted by molar-refractivity contribution is 6.05. The van der Waals surface area contributed by atoms with Crippen LogP contribution in [0.25, 0.3) is 0 Å². The third kappa shape index (κ3) is 4.50. The molecule has 4 heteroatoms. The SMILES string of the molecule is CC(C)C.CC(C)C1COC(C(C)(C)C2=NCCO2)=N1. The summed E-state index contributed by atoms with van der Waals surface area (Å²) >= 11 is 0. The van der Waals surface area contributed by atoms with Gasteiger partial charge in [0.1, 0.15) is 18.6 Å². The Labute approximate surface area is 123 Å². The Kier molecular flexibility index (Phi) is 6.03. The molecule has 0 bridgehead atoms. The molecule has 0 fully saturated rings. The number of rotatable bonds is 3. The fraction of sp³-hybridized carbons (Fsp3) is 0.875. The predicted molar refractivity (Wildman–Crippen MR) is 84.6 cm³/mol. The van der Waals surface area contributed by atoms with Crippen LogP contribution in [0.5, 0.6) is 0 Å². The van der Waals surface area contributed by atoms with Gasteiger partial charge in [0, 0.05) is 0 Å². The zero-order valence-electron chi connectivity index (χ0n) is 14.1. The molecule has 20 heavy (non-hydrogen) atoms. The molecule has 2 aliphatic rings. The van der Waals surface area contributed by atoms with Crippen molar-refractivity contribution in [3.05, 3.63) is 0 Å². The van der Waals surface area contributed by atoms with Crippen LogP contribution in [0.3, 0.4) is 0 Å². The molecule has 4 nitrogen and oxygen atoms in total. The summed E-state index contributed by atoms with van der Waals surface area (Å²) in [4.78, 5) is 8.99. The molecule has 0 radical (unpaired) electrons. The molecule has 2 aliphatic heterocycles. The molecule has 0 N–H and O–H groups in total. The van der Waals surface area contributed by atoms with Crippen LogP contribution < -0.4 is 0 Å². The fourth-order valence-electron chi connectivity index (χ4n) is 1.88. The van der Waals surface area contributed by atoms with Gasteiger partial charge < -0.3 is 9.47 Å². The van der Waals surface area contributed by atoms with E-state index in [1.165, 1.54) is 0 Å². The average molecular weight is 282 g/mol. The predicted octanol–water partition coefficient (Wildman–Crippen LogP) is 3.56. The third-order valence-electron chi connectivity index (χ3n) is 3.10. The van der Waals surface area contributed by atoms with Gasteiger partial charge in [0.05, 0.1) is 12.6 Å². The minimum Gasteiger partial charge on any atom is -0.478 e. The Morgan fingerprint density at radius 1 is 1.05 bits per heavy atom. The molecular weight excluding hydrogens is 252 g/mol. The Balaban J connectivity index is 0.000000444. The maximum Gasteiger partial charge on any atom is 0.199 e.